The molecule has 5 heteroatoms. The van der Waals surface area contributed by atoms with Crippen LogP contribution in [0.25, 0.3) is 0 Å². The number of halogens is 1. The Kier molecular flexibility index (Phi) is 3.73. The maximum atomic E-state index is 12.0. The molecule has 1 unspecified atom stereocenters. The molecule has 0 N–H and O–H groups in total. The minimum absolute atomic E-state index is 0.204. The first-order valence-electron chi connectivity index (χ1n) is 6.57. The maximum absolute atomic E-state index is 12.0. The summed E-state index contributed by atoms with van der Waals surface area (Å²) in [5.41, 5.74) is 1.19. The number of benzene rings is 1. The van der Waals surface area contributed by atoms with Gasteiger partial charge < -0.3 is 9.64 Å². The molecular weight excluding hydrogens is 264 g/mol. The lowest BCUT2D eigenvalue weighted by Crippen LogP contribution is -2.50. The number of carbonyl (C=O) groups excluding carboxylic acids is 1. The molecule has 1 amide bonds. The monoisotopic (exact) mass is 280 g/mol. The lowest BCUT2D eigenvalue weighted by Gasteiger charge is -2.34. The van der Waals surface area contributed by atoms with Gasteiger partial charge in [0.05, 0.1) is 19.3 Å². The Labute approximate surface area is 117 Å². The van der Waals surface area contributed by atoms with Crippen molar-refractivity contribution < 1.29 is 9.53 Å². The van der Waals surface area contributed by atoms with Crippen LogP contribution < -0.4 is 0 Å². The van der Waals surface area contributed by atoms with Crippen LogP contribution in [0.1, 0.15) is 5.56 Å². The van der Waals surface area contributed by atoms with Gasteiger partial charge in [-0.25, -0.2) is 0 Å². The number of ether oxygens (including phenoxy) is 1. The zero-order valence-electron chi connectivity index (χ0n) is 10.7. The minimum atomic E-state index is 0.204. The number of carbonyl (C=O) groups is 1. The van der Waals surface area contributed by atoms with E-state index in [9.17, 15) is 4.79 Å². The van der Waals surface area contributed by atoms with Crippen molar-refractivity contribution in [1.29, 1.82) is 0 Å². The molecule has 0 radical (unpaired) electrons. The molecule has 0 bridgehead atoms. The average Bonchev–Trinajstić information content (AvgIpc) is 3.20. The zero-order valence-corrected chi connectivity index (χ0v) is 11.5. The summed E-state index contributed by atoms with van der Waals surface area (Å²) in [6.45, 7) is 4.57. The third kappa shape index (κ3) is 3.47. The van der Waals surface area contributed by atoms with E-state index >= 15 is 0 Å². The van der Waals surface area contributed by atoms with Gasteiger partial charge in [0.15, 0.2) is 0 Å². The van der Waals surface area contributed by atoms with Gasteiger partial charge >= 0.3 is 0 Å². The van der Waals surface area contributed by atoms with Crippen molar-refractivity contribution in [3.05, 3.63) is 34.9 Å². The molecule has 1 atom stereocenters. The predicted octanol–water partition coefficient (Wildman–Crippen LogP) is 1.38. The van der Waals surface area contributed by atoms with Gasteiger partial charge in [-0.2, -0.15) is 0 Å². The van der Waals surface area contributed by atoms with E-state index in [1.807, 2.05) is 29.2 Å². The van der Waals surface area contributed by atoms with Crippen LogP contribution in [0.4, 0.5) is 0 Å². The van der Waals surface area contributed by atoms with Crippen LogP contribution >= 0.6 is 11.6 Å². The van der Waals surface area contributed by atoms with Crippen LogP contribution in [0.2, 0.25) is 5.02 Å². The second kappa shape index (κ2) is 5.49. The minimum Gasteiger partial charge on any atom is -0.371 e. The number of rotatable bonds is 4. The van der Waals surface area contributed by atoms with Crippen molar-refractivity contribution in [3.63, 3.8) is 0 Å². The summed E-state index contributed by atoms with van der Waals surface area (Å²) in [6.07, 6.45) is 0.284. The van der Waals surface area contributed by atoms with Crippen molar-refractivity contribution in [2.75, 3.05) is 32.8 Å². The van der Waals surface area contributed by atoms with E-state index in [1.54, 1.807) is 0 Å². The summed E-state index contributed by atoms with van der Waals surface area (Å²) >= 11 is 5.86. The van der Waals surface area contributed by atoms with Crippen molar-refractivity contribution in [2.45, 2.75) is 12.6 Å². The molecule has 19 heavy (non-hydrogen) atoms. The normalized spacial score (nSPS) is 23.7. The summed E-state index contributed by atoms with van der Waals surface area (Å²) in [7, 11) is 0. The van der Waals surface area contributed by atoms with Crippen LogP contribution in [-0.4, -0.2) is 54.6 Å². The quantitative estimate of drug-likeness (QED) is 0.782. The molecule has 2 fully saturated rings. The second-order valence-electron chi connectivity index (χ2n) is 5.13. The Morgan fingerprint density at radius 2 is 2.00 bits per heavy atom. The highest BCUT2D eigenvalue weighted by molar-refractivity contribution is 6.30. The molecule has 0 aliphatic carbocycles. The third-order valence-electron chi connectivity index (χ3n) is 3.54. The van der Waals surface area contributed by atoms with Gasteiger partial charge in [0.25, 0.3) is 0 Å². The molecular formula is C14H17ClN2O2. The fraction of sp³-hybridized carbons (Fsp3) is 0.500. The highest BCUT2D eigenvalue weighted by atomic mass is 35.5. The zero-order chi connectivity index (χ0) is 13.2. The molecule has 2 aliphatic rings. The topological polar surface area (TPSA) is 36.1 Å². The predicted molar refractivity (Wildman–Crippen MR) is 73.0 cm³/mol. The Hall–Kier alpha value is -1.10. The molecule has 0 saturated carbocycles. The molecule has 0 spiro atoms. The number of amides is 1. The van der Waals surface area contributed by atoms with Crippen molar-refractivity contribution in [1.82, 2.24) is 9.80 Å². The standard InChI is InChI=1S/C14H17ClN2O2/c15-12-3-1-11(2-4-12)7-16-5-6-17(14(18)9-16)8-13-10-19-13/h1-4,13H,5-10H2. The van der Waals surface area contributed by atoms with Crippen LogP contribution in [0, 0.1) is 0 Å². The fourth-order valence-corrected chi connectivity index (χ4v) is 2.48. The Balaban J connectivity index is 1.53. The molecule has 4 nitrogen and oxygen atoms in total. The van der Waals surface area contributed by atoms with Gasteiger partial charge in [-0.1, -0.05) is 23.7 Å². The first-order valence-corrected chi connectivity index (χ1v) is 6.95. The van der Waals surface area contributed by atoms with Gasteiger partial charge in [-0.15, -0.1) is 0 Å². The molecule has 1 aromatic rings. The molecule has 1 aromatic carbocycles. The van der Waals surface area contributed by atoms with Crippen molar-refractivity contribution in [3.8, 4) is 0 Å². The molecule has 2 aliphatic heterocycles. The van der Waals surface area contributed by atoms with Gasteiger partial charge in [-0.3, -0.25) is 9.69 Å². The average molecular weight is 281 g/mol. The van der Waals surface area contributed by atoms with Crippen LogP contribution in [-0.2, 0) is 16.1 Å². The molecule has 0 aromatic heterocycles. The van der Waals surface area contributed by atoms with E-state index in [-0.39, 0.29) is 12.0 Å². The number of nitrogens with zero attached hydrogens (tertiary/aromatic N) is 2. The lowest BCUT2D eigenvalue weighted by molar-refractivity contribution is -0.136. The van der Waals surface area contributed by atoms with E-state index in [0.717, 1.165) is 37.8 Å². The van der Waals surface area contributed by atoms with Crippen LogP contribution in [0.5, 0.6) is 0 Å². The molecule has 2 heterocycles. The van der Waals surface area contributed by atoms with Gasteiger partial charge in [0, 0.05) is 31.2 Å². The van der Waals surface area contributed by atoms with E-state index < -0.39 is 0 Å². The third-order valence-corrected chi connectivity index (χ3v) is 3.80. The Morgan fingerprint density at radius 3 is 2.63 bits per heavy atom. The highest BCUT2D eigenvalue weighted by Crippen LogP contribution is 2.16. The molecule has 102 valence electrons. The number of hydrogen-bond acceptors (Lipinski definition) is 3. The SMILES string of the molecule is O=C1CN(Cc2ccc(Cl)cc2)CCN1CC1CO1. The summed E-state index contributed by atoms with van der Waals surface area (Å²) in [5.74, 6) is 0.204. The lowest BCUT2D eigenvalue weighted by atomic mass is 10.2. The van der Waals surface area contributed by atoms with Crippen LogP contribution in [0.15, 0.2) is 24.3 Å². The first kappa shape index (κ1) is 12.9. The molecule has 2 saturated heterocycles. The summed E-state index contributed by atoms with van der Waals surface area (Å²) in [5, 5.41) is 0.745. The Morgan fingerprint density at radius 1 is 1.26 bits per heavy atom. The largest absolute Gasteiger partial charge is 0.371 e. The Bertz CT molecular complexity index is 459. The van der Waals surface area contributed by atoms with E-state index in [4.69, 9.17) is 16.3 Å². The summed E-state index contributed by atoms with van der Waals surface area (Å²) in [4.78, 5) is 16.1. The fourth-order valence-electron chi connectivity index (χ4n) is 2.35. The summed E-state index contributed by atoms with van der Waals surface area (Å²) in [6, 6.07) is 7.80. The first-order chi connectivity index (χ1) is 9.20. The smallest absolute Gasteiger partial charge is 0.236 e. The van der Waals surface area contributed by atoms with E-state index in [0.29, 0.717) is 6.54 Å². The van der Waals surface area contributed by atoms with Gasteiger partial charge in [-0.05, 0) is 17.7 Å². The second-order valence-corrected chi connectivity index (χ2v) is 5.57. The van der Waals surface area contributed by atoms with Crippen LogP contribution in [0.3, 0.4) is 0 Å². The van der Waals surface area contributed by atoms with Crippen molar-refractivity contribution >= 4 is 17.5 Å². The van der Waals surface area contributed by atoms with E-state index in [2.05, 4.69) is 4.90 Å². The number of hydrogen-bond donors (Lipinski definition) is 0. The number of piperazine rings is 1. The summed E-state index contributed by atoms with van der Waals surface area (Å²) < 4.78 is 5.17. The van der Waals surface area contributed by atoms with E-state index in [1.165, 1.54) is 5.56 Å². The number of epoxide rings is 1. The maximum Gasteiger partial charge on any atom is 0.236 e. The highest BCUT2D eigenvalue weighted by Gasteiger charge is 2.30. The van der Waals surface area contributed by atoms with Gasteiger partial charge in [0.1, 0.15) is 0 Å². The molecule has 3 rings (SSSR count). The van der Waals surface area contributed by atoms with Crippen molar-refractivity contribution in [2.24, 2.45) is 0 Å². The van der Waals surface area contributed by atoms with Gasteiger partial charge in [0.2, 0.25) is 5.91 Å².